The molecular formula is C13H26O4. The number of rotatable bonds is 4. The van der Waals surface area contributed by atoms with Crippen LogP contribution in [0.4, 0.5) is 0 Å². The lowest BCUT2D eigenvalue weighted by molar-refractivity contribution is -0.221. The summed E-state index contributed by atoms with van der Waals surface area (Å²) in [6.45, 7) is 7.89. The summed E-state index contributed by atoms with van der Waals surface area (Å²) < 4.78 is 5.73. The van der Waals surface area contributed by atoms with Crippen molar-refractivity contribution in [1.29, 1.82) is 0 Å². The summed E-state index contributed by atoms with van der Waals surface area (Å²) in [5, 5.41) is 29.6. The van der Waals surface area contributed by atoms with Crippen molar-refractivity contribution in [3.05, 3.63) is 0 Å². The molecule has 0 aromatic heterocycles. The fraction of sp³-hybridized carbons (Fsp3) is 1.00. The Morgan fingerprint density at radius 2 is 1.65 bits per heavy atom. The molecule has 1 fully saturated rings. The highest BCUT2D eigenvalue weighted by Crippen LogP contribution is 2.33. The second kappa shape index (κ2) is 6.14. The maximum atomic E-state index is 10.2. The summed E-state index contributed by atoms with van der Waals surface area (Å²) in [5.41, 5.74) is 0. The van der Waals surface area contributed by atoms with E-state index in [4.69, 9.17) is 4.74 Å². The van der Waals surface area contributed by atoms with Crippen molar-refractivity contribution in [1.82, 2.24) is 0 Å². The smallest absolute Gasteiger partial charge is 0.107 e. The molecule has 1 rings (SSSR count). The molecule has 3 N–H and O–H groups in total. The van der Waals surface area contributed by atoms with Gasteiger partial charge < -0.3 is 20.1 Å². The van der Waals surface area contributed by atoms with Crippen molar-refractivity contribution in [2.45, 2.75) is 58.5 Å². The first kappa shape index (κ1) is 14.9. The third-order valence-electron chi connectivity index (χ3n) is 3.52. The second-order valence-electron chi connectivity index (χ2n) is 5.84. The first-order valence-electron chi connectivity index (χ1n) is 6.50. The predicted molar refractivity (Wildman–Crippen MR) is 65.5 cm³/mol. The van der Waals surface area contributed by atoms with E-state index >= 15 is 0 Å². The normalized spacial score (nSPS) is 39.0. The van der Waals surface area contributed by atoms with Crippen LogP contribution < -0.4 is 0 Å². The van der Waals surface area contributed by atoms with E-state index in [9.17, 15) is 15.3 Å². The quantitative estimate of drug-likeness (QED) is 0.686. The van der Waals surface area contributed by atoms with Crippen LogP contribution in [-0.4, -0.2) is 46.3 Å². The predicted octanol–water partition coefficient (Wildman–Crippen LogP) is 0.786. The molecule has 0 aromatic rings. The number of hydrogen-bond acceptors (Lipinski definition) is 4. The molecule has 0 aliphatic carbocycles. The lowest BCUT2D eigenvalue weighted by Gasteiger charge is -2.44. The fourth-order valence-electron chi connectivity index (χ4n) is 2.62. The van der Waals surface area contributed by atoms with E-state index in [0.29, 0.717) is 5.92 Å². The minimum absolute atomic E-state index is 0.107. The Bertz CT molecular complexity index is 227. The molecule has 1 saturated heterocycles. The van der Waals surface area contributed by atoms with Gasteiger partial charge in [0, 0.05) is 5.92 Å². The Morgan fingerprint density at radius 3 is 2.06 bits per heavy atom. The standard InChI is InChI=1S/C13H26O4/c1-7(2)5-9-10(6-14)17-13(8(3)4)12(16)11(9)15/h7-16H,5-6H2,1-4H3. The SMILES string of the molecule is CC(C)CC1C(CO)OC(C(C)C)C(O)C1O. The van der Waals surface area contributed by atoms with Crippen LogP contribution in [0.25, 0.3) is 0 Å². The van der Waals surface area contributed by atoms with Crippen LogP contribution in [-0.2, 0) is 4.74 Å². The van der Waals surface area contributed by atoms with Gasteiger partial charge in [-0.15, -0.1) is 0 Å². The summed E-state index contributed by atoms with van der Waals surface area (Å²) >= 11 is 0. The summed E-state index contributed by atoms with van der Waals surface area (Å²) in [6.07, 6.45) is -1.69. The van der Waals surface area contributed by atoms with Crippen LogP contribution in [0.5, 0.6) is 0 Å². The Balaban J connectivity index is 2.79. The molecule has 0 amide bonds. The van der Waals surface area contributed by atoms with E-state index in [-0.39, 0.29) is 24.5 Å². The number of ether oxygens (including phenoxy) is 1. The summed E-state index contributed by atoms with van der Waals surface area (Å²) in [7, 11) is 0. The van der Waals surface area contributed by atoms with Crippen LogP contribution in [0.2, 0.25) is 0 Å². The van der Waals surface area contributed by atoms with Gasteiger partial charge in [0.25, 0.3) is 0 Å². The molecule has 102 valence electrons. The highest BCUT2D eigenvalue weighted by Gasteiger charge is 2.44. The third kappa shape index (κ3) is 3.41. The molecule has 17 heavy (non-hydrogen) atoms. The molecule has 1 aliphatic heterocycles. The van der Waals surface area contributed by atoms with Gasteiger partial charge in [-0.3, -0.25) is 0 Å². The van der Waals surface area contributed by atoms with Crippen molar-refractivity contribution in [3.63, 3.8) is 0 Å². The van der Waals surface area contributed by atoms with E-state index < -0.39 is 18.3 Å². The molecule has 0 aromatic carbocycles. The average Bonchev–Trinajstić information content (AvgIpc) is 2.24. The molecule has 0 bridgehead atoms. The van der Waals surface area contributed by atoms with E-state index in [0.717, 1.165) is 6.42 Å². The van der Waals surface area contributed by atoms with Gasteiger partial charge in [-0.05, 0) is 18.3 Å². The van der Waals surface area contributed by atoms with Gasteiger partial charge in [-0.25, -0.2) is 0 Å². The van der Waals surface area contributed by atoms with E-state index in [2.05, 4.69) is 13.8 Å². The van der Waals surface area contributed by atoms with Gasteiger partial charge in [0.2, 0.25) is 0 Å². The topological polar surface area (TPSA) is 69.9 Å². The van der Waals surface area contributed by atoms with Gasteiger partial charge in [-0.2, -0.15) is 0 Å². The van der Waals surface area contributed by atoms with E-state index in [1.54, 1.807) is 0 Å². The molecule has 0 radical (unpaired) electrons. The number of aliphatic hydroxyl groups excluding tert-OH is 3. The van der Waals surface area contributed by atoms with Gasteiger partial charge in [0.15, 0.2) is 0 Å². The van der Waals surface area contributed by atoms with Gasteiger partial charge >= 0.3 is 0 Å². The largest absolute Gasteiger partial charge is 0.394 e. The zero-order chi connectivity index (χ0) is 13.2. The Hall–Kier alpha value is -0.160. The Morgan fingerprint density at radius 1 is 1.06 bits per heavy atom. The van der Waals surface area contributed by atoms with Crippen molar-refractivity contribution >= 4 is 0 Å². The van der Waals surface area contributed by atoms with E-state index in [1.165, 1.54) is 0 Å². The van der Waals surface area contributed by atoms with Crippen LogP contribution in [0.3, 0.4) is 0 Å². The van der Waals surface area contributed by atoms with Crippen LogP contribution >= 0.6 is 0 Å². The van der Waals surface area contributed by atoms with Crippen molar-refractivity contribution in [3.8, 4) is 0 Å². The molecule has 0 saturated carbocycles. The zero-order valence-electron chi connectivity index (χ0n) is 11.2. The van der Waals surface area contributed by atoms with Gasteiger partial charge in [-0.1, -0.05) is 27.7 Å². The molecule has 4 heteroatoms. The van der Waals surface area contributed by atoms with E-state index in [1.807, 2.05) is 13.8 Å². The molecule has 4 nitrogen and oxygen atoms in total. The monoisotopic (exact) mass is 246 g/mol. The van der Waals surface area contributed by atoms with Crippen molar-refractivity contribution in [2.75, 3.05) is 6.61 Å². The van der Waals surface area contributed by atoms with Gasteiger partial charge in [0.05, 0.1) is 24.9 Å². The zero-order valence-corrected chi connectivity index (χ0v) is 11.2. The minimum Gasteiger partial charge on any atom is -0.394 e. The van der Waals surface area contributed by atoms with Crippen LogP contribution in [0.15, 0.2) is 0 Å². The molecule has 5 unspecified atom stereocenters. The maximum absolute atomic E-state index is 10.2. The van der Waals surface area contributed by atoms with Crippen LogP contribution in [0, 0.1) is 17.8 Å². The summed E-state index contributed by atoms with van der Waals surface area (Å²) in [5.74, 6) is 0.328. The lowest BCUT2D eigenvalue weighted by atomic mass is 9.79. The Labute approximate surface area is 104 Å². The number of hydrogen-bond donors (Lipinski definition) is 3. The summed E-state index contributed by atoms with van der Waals surface area (Å²) in [6, 6.07) is 0. The molecule has 1 aliphatic rings. The highest BCUT2D eigenvalue weighted by atomic mass is 16.5. The summed E-state index contributed by atoms with van der Waals surface area (Å²) in [4.78, 5) is 0. The highest BCUT2D eigenvalue weighted by molar-refractivity contribution is 4.93. The lowest BCUT2D eigenvalue weighted by Crippen LogP contribution is -2.57. The molecular weight excluding hydrogens is 220 g/mol. The molecule has 5 atom stereocenters. The maximum Gasteiger partial charge on any atom is 0.107 e. The average molecular weight is 246 g/mol. The fourth-order valence-corrected chi connectivity index (χ4v) is 2.62. The van der Waals surface area contributed by atoms with Crippen molar-refractivity contribution in [2.24, 2.45) is 17.8 Å². The second-order valence-corrected chi connectivity index (χ2v) is 5.84. The Kier molecular flexibility index (Phi) is 5.38. The van der Waals surface area contributed by atoms with Crippen LogP contribution in [0.1, 0.15) is 34.1 Å². The van der Waals surface area contributed by atoms with Gasteiger partial charge in [0.1, 0.15) is 6.10 Å². The third-order valence-corrected chi connectivity index (χ3v) is 3.52. The first-order valence-corrected chi connectivity index (χ1v) is 6.50. The first-order chi connectivity index (χ1) is 7.88. The van der Waals surface area contributed by atoms with Crippen molar-refractivity contribution < 1.29 is 20.1 Å². The molecule has 1 heterocycles. The minimum atomic E-state index is -0.860. The number of aliphatic hydroxyl groups is 3. The molecule has 0 spiro atoms.